The lowest BCUT2D eigenvalue weighted by molar-refractivity contribution is -0.136. The van der Waals surface area contributed by atoms with Crippen molar-refractivity contribution in [3.63, 3.8) is 0 Å². The van der Waals surface area contributed by atoms with E-state index in [1.54, 1.807) is 0 Å². The zero-order valence-corrected chi connectivity index (χ0v) is 12.8. The Kier molecular flexibility index (Phi) is 5.73. The minimum atomic E-state index is -0.153. The molecule has 21 heavy (non-hydrogen) atoms. The van der Waals surface area contributed by atoms with Gasteiger partial charge >= 0.3 is 5.97 Å². The number of esters is 1. The van der Waals surface area contributed by atoms with Crippen molar-refractivity contribution < 1.29 is 9.53 Å². The molecule has 0 aliphatic carbocycles. The van der Waals surface area contributed by atoms with E-state index in [9.17, 15) is 4.79 Å². The number of aliphatic imine (C=N–C) groups is 1. The molecule has 2 atom stereocenters. The van der Waals surface area contributed by atoms with Crippen LogP contribution >= 0.6 is 0 Å². The summed E-state index contributed by atoms with van der Waals surface area (Å²) in [4.78, 5) is 16.4. The van der Waals surface area contributed by atoms with E-state index in [2.05, 4.69) is 18.8 Å². The summed E-state index contributed by atoms with van der Waals surface area (Å²) in [5, 5.41) is 0. The largest absolute Gasteiger partial charge is 0.458 e. The molecule has 3 heteroatoms. The number of para-hydroxylation sites is 1. The third-order valence-corrected chi connectivity index (χ3v) is 3.91. The predicted molar refractivity (Wildman–Crippen MR) is 85.8 cm³/mol. The van der Waals surface area contributed by atoms with Crippen LogP contribution in [0.15, 0.2) is 47.0 Å². The quantitative estimate of drug-likeness (QED) is 0.553. The summed E-state index contributed by atoms with van der Waals surface area (Å²) in [6.07, 6.45) is 6.93. The van der Waals surface area contributed by atoms with Crippen LogP contribution in [-0.2, 0) is 9.53 Å². The van der Waals surface area contributed by atoms with Crippen LogP contribution in [0.5, 0.6) is 0 Å². The van der Waals surface area contributed by atoms with Crippen molar-refractivity contribution in [1.29, 1.82) is 0 Å². The van der Waals surface area contributed by atoms with E-state index in [1.807, 2.05) is 42.6 Å². The van der Waals surface area contributed by atoms with Gasteiger partial charge in [0.2, 0.25) is 0 Å². The van der Waals surface area contributed by atoms with Gasteiger partial charge in [-0.1, -0.05) is 38.5 Å². The first-order chi connectivity index (χ1) is 10.3. The van der Waals surface area contributed by atoms with Gasteiger partial charge in [-0.25, -0.2) is 4.79 Å². The first-order valence-electron chi connectivity index (χ1n) is 7.72. The van der Waals surface area contributed by atoms with E-state index in [0.717, 1.165) is 30.5 Å². The number of carbonyl (C=O) groups excluding carboxylic acids is 1. The minimum Gasteiger partial charge on any atom is -0.458 e. The number of carbonyl (C=O) groups is 1. The normalized spacial score (nSPS) is 17.6. The van der Waals surface area contributed by atoms with Crippen LogP contribution in [-0.4, -0.2) is 18.8 Å². The van der Waals surface area contributed by atoms with Crippen molar-refractivity contribution in [1.82, 2.24) is 0 Å². The lowest BCUT2D eigenvalue weighted by atomic mass is 9.81. The summed E-state index contributed by atoms with van der Waals surface area (Å²) in [6, 6.07) is 9.92. The average Bonchev–Trinajstić information content (AvgIpc) is 2.93. The van der Waals surface area contributed by atoms with E-state index in [0.29, 0.717) is 6.61 Å². The molecule has 0 bridgehead atoms. The monoisotopic (exact) mass is 285 g/mol. The molecule has 0 aromatic heterocycles. The highest BCUT2D eigenvalue weighted by Gasteiger charge is 2.29. The van der Waals surface area contributed by atoms with Crippen molar-refractivity contribution >= 4 is 17.9 Å². The summed E-state index contributed by atoms with van der Waals surface area (Å²) < 4.78 is 5.07. The Morgan fingerprint density at radius 2 is 2.05 bits per heavy atom. The molecule has 1 aliphatic heterocycles. The number of hydrogen-bond acceptors (Lipinski definition) is 3. The topological polar surface area (TPSA) is 38.7 Å². The van der Waals surface area contributed by atoms with Crippen molar-refractivity contribution in [2.75, 3.05) is 6.61 Å². The van der Waals surface area contributed by atoms with Crippen LogP contribution in [0.4, 0.5) is 5.69 Å². The molecule has 1 aliphatic rings. The molecular formula is C18H23NO2. The second-order valence-electron chi connectivity index (χ2n) is 5.34. The summed E-state index contributed by atoms with van der Waals surface area (Å²) >= 11 is 0. The second kappa shape index (κ2) is 7.77. The average molecular weight is 285 g/mol. The third kappa shape index (κ3) is 4.03. The lowest BCUT2D eigenvalue weighted by Crippen LogP contribution is -2.21. The number of ether oxygens (including phenoxy) is 1. The number of nitrogens with zero attached hydrogens (tertiary/aromatic N) is 1. The van der Waals surface area contributed by atoms with E-state index in [1.165, 1.54) is 0 Å². The van der Waals surface area contributed by atoms with E-state index in [-0.39, 0.29) is 17.8 Å². The Morgan fingerprint density at radius 3 is 2.62 bits per heavy atom. The van der Waals surface area contributed by atoms with Crippen molar-refractivity contribution in [2.45, 2.75) is 33.1 Å². The van der Waals surface area contributed by atoms with Gasteiger partial charge in [0, 0.05) is 17.7 Å². The van der Waals surface area contributed by atoms with Crippen LogP contribution in [0.1, 0.15) is 33.1 Å². The summed E-state index contributed by atoms with van der Waals surface area (Å²) in [5.41, 5.74) is 1.79. The zero-order chi connectivity index (χ0) is 15.1. The first kappa shape index (κ1) is 15.5. The molecule has 3 nitrogen and oxygen atoms in total. The fourth-order valence-electron chi connectivity index (χ4n) is 2.78. The number of benzene rings is 1. The maximum absolute atomic E-state index is 11.9. The van der Waals surface area contributed by atoms with Gasteiger partial charge in [-0.15, -0.1) is 0 Å². The van der Waals surface area contributed by atoms with Gasteiger partial charge in [0.15, 0.2) is 0 Å². The SMILES string of the molecule is CCCC(C1=CCOC1=O)C(C=Nc1ccccc1)CC. The number of hydrogen-bond donors (Lipinski definition) is 0. The molecule has 0 saturated heterocycles. The van der Waals surface area contributed by atoms with Gasteiger partial charge in [0.25, 0.3) is 0 Å². The van der Waals surface area contributed by atoms with Crippen LogP contribution in [0.25, 0.3) is 0 Å². The number of cyclic esters (lactones) is 1. The minimum absolute atomic E-state index is 0.153. The fraction of sp³-hybridized carbons (Fsp3) is 0.444. The molecule has 2 rings (SSSR count). The molecule has 0 spiro atoms. The number of rotatable bonds is 7. The van der Waals surface area contributed by atoms with E-state index < -0.39 is 0 Å². The Bertz CT molecular complexity index is 519. The highest BCUT2D eigenvalue weighted by Crippen LogP contribution is 2.30. The standard InChI is InChI=1S/C18H23NO2/c1-3-8-16(17-11-12-21-18(17)20)14(4-2)13-19-15-9-6-5-7-10-15/h5-7,9-11,13-14,16H,3-4,8,12H2,1-2H3. The van der Waals surface area contributed by atoms with Gasteiger partial charge in [-0.3, -0.25) is 4.99 Å². The molecule has 0 radical (unpaired) electrons. The van der Waals surface area contributed by atoms with Gasteiger partial charge in [-0.05, 0) is 37.0 Å². The Hall–Kier alpha value is -1.90. The molecule has 1 aromatic carbocycles. The second-order valence-corrected chi connectivity index (χ2v) is 5.34. The third-order valence-electron chi connectivity index (χ3n) is 3.91. The summed E-state index contributed by atoms with van der Waals surface area (Å²) in [6.45, 7) is 4.71. The van der Waals surface area contributed by atoms with Crippen LogP contribution in [0.3, 0.4) is 0 Å². The van der Waals surface area contributed by atoms with Gasteiger partial charge in [-0.2, -0.15) is 0 Å². The maximum atomic E-state index is 11.9. The Labute approximate surface area is 126 Å². The lowest BCUT2D eigenvalue weighted by Gasteiger charge is -2.22. The predicted octanol–water partition coefficient (Wildman–Crippen LogP) is 4.31. The highest BCUT2D eigenvalue weighted by molar-refractivity contribution is 5.91. The summed E-state index contributed by atoms with van der Waals surface area (Å²) in [7, 11) is 0. The molecule has 1 heterocycles. The van der Waals surface area contributed by atoms with Crippen LogP contribution in [0.2, 0.25) is 0 Å². The molecule has 0 N–H and O–H groups in total. The van der Waals surface area contributed by atoms with Gasteiger partial charge in [0.1, 0.15) is 6.61 Å². The summed E-state index contributed by atoms with van der Waals surface area (Å²) in [5.74, 6) is 0.324. The highest BCUT2D eigenvalue weighted by atomic mass is 16.5. The van der Waals surface area contributed by atoms with Crippen molar-refractivity contribution in [2.24, 2.45) is 16.8 Å². The van der Waals surface area contributed by atoms with E-state index >= 15 is 0 Å². The van der Waals surface area contributed by atoms with Crippen LogP contribution in [0, 0.1) is 11.8 Å². The molecule has 0 amide bonds. The van der Waals surface area contributed by atoms with Crippen molar-refractivity contribution in [3.8, 4) is 0 Å². The zero-order valence-electron chi connectivity index (χ0n) is 12.8. The van der Waals surface area contributed by atoms with E-state index in [4.69, 9.17) is 4.74 Å². The smallest absolute Gasteiger partial charge is 0.334 e. The molecule has 2 unspecified atom stereocenters. The molecule has 1 aromatic rings. The molecule has 112 valence electrons. The van der Waals surface area contributed by atoms with Gasteiger partial charge in [0.05, 0.1) is 5.69 Å². The van der Waals surface area contributed by atoms with Gasteiger partial charge < -0.3 is 4.74 Å². The fourth-order valence-corrected chi connectivity index (χ4v) is 2.78. The Balaban J connectivity index is 2.16. The maximum Gasteiger partial charge on any atom is 0.334 e. The molecule has 0 fully saturated rings. The molecular weight excluding hydrogens is 262 g/mol. The molecule has 0 saturated carbocycles. The Morgan fingerprint density at radius 1 is 1.29 bits per heavy atom. The van der Waals surface area contributed by atoms with Crippen molar-refractivity contribution in [3.05, 3.63) is 42.0 Å². The van der Waals surface area contributed by atoms with Crippen LogP contribution < -0.4 is 0 Å². The first-order valence-corrected chi connectivity index (χ1v) is 7.72.